The van der Waals surface area contributed by atoms with Crippen LogP contribution < -0.4 is 16.0 Å². The second-order valence-electron chi connectivity index (χ2n) is 5.25. The van der Waals surface area contributed by atoms with Crippen molar-refractivity contribution in [2.75, 3.05) is 33.7 Å². The van der Waals surface area contributed by atoms with Gasteiger partial charge in [0.1, 0.15) is 0 Å². The van der Waals surface area contributed by atoms with Gasteiger partial charge < -0.3 is 20.9 Å². The van der Waals surface area contributed by atoms with Crippen LogP contribution in [0.1, 0.15) is 21.5 Å². The summed E-state index contributed by atoms with van der Waals surface area (Å²) in [5.74, 6) is -0.0761. The highest BCUT2D eigenvalue weighted by molar-refractivity contribution is 5.96. The molecule has 0 spiro atoms. The number of nitrogens with zero attached hydrogens (tertiary/aromatic N) is 1. The molecule has 114 valence electrons. The van der Waals surface area contributed by atoms with E-state index in [4.69, 9.17) is 0 Å². The average molecular weight is 290 g/mol. The smallest absolute Gasteiger partial charge is 0.316 e. The first-order chi connectivity index (χ1) is 10.1. The van der Waals surface area contributed by atoms with Crippen molar-refractivity contribution in [1.29, 1.82) is 0 Å². The number of hydrogen-bond donors (Lipinski definition) is 3. The van der Waals surface area contributed by atoms with Crippen LogP contribution in [0.5, 0.6) is 0 Å². The van der Waals surface area contributed by atoms with E-state index in [2.05, 4.69) is 22.0 Å². The van der Waals surface area contributed by atoms with E-state index in [1.54, 1.807) is 14.1 Å². The van der Waals surface area contributed by atoms with Crippen molar-refractivity contribution in [2.45, 2.75) is 13.0 Å². The maximum atomic E-state index is 12.2. The van der Waals surface area contributed by atoms with Crippen LogP contribution in [0.15, 0.2) is 18.2 Å². The Kier molecular flexibility index (Phi) is 5.16. The summed E-state index contributed by atoms with van der Waals surface area (Å²) in [6, 6.07) is 5.66. The van der Waals surface area contributed by atoms with E-state index in [0.29, 0.717) is 13.1 Å². The molecule has 1 aliphatic rings. The Balaban J connectivity index is 1.88. The van der Waals surface area contributed by atoms with E-state index < -0.39 is 0 Å². The molecule has 0 atom stereocenters. The summed E-state index contributed by atoms with van der Waals surface area (Å²) in [6.07, 6.45) is 0.871. The zero-order chi connectivity index (χ0) is 15.2. The van der Waals surface area contributed by atoms with Crippen molar-refractivity contribution < 1.29 is 9.59 Å². The van der Waals surface area contributed by atoms with E-state index in [-0.39, 0.29) is 11.9 Å². The molecule has 0 saturated heterocycles. The SMILES string of the molecule is CN(C)C(=O)NCCNC(=O)c1cccc2c1CCNC2. The van der Waals surface area contributed by atoms with Crippen molar-refractivity contribution in [2.24, 2.45) is 0 Å². The third kappa shape index (κ3) is 3.95. The van der Waals surface area contributed by atoms with Gasteiger partial charge in [-0.1, -0.05) is 12.1 Å². The van der Waals surface area contributed by atoms with E-state index in [0.717, 1.165) is 30.6 Å². The first-order valence-electron chi connectivity index (χ1n) is 7.14. The highest BCUT2D eigenvalue weighted by Crippen LogP contribution is 2.18. The van der Waals surface area contributed by atoms with Crippen molar-refractivity contribution in [3.8, 4) is 0 Å². The Bertz CT molecular complexity index is 528. The van der Waals surface area contributed by atoms with Crippen molar-refractivity contribution >= 4 is 11.9 Å². The van der Waals surface area contributed by atoms with Gasteiger partial charge in [0.15, 0.2) is 0 Å². The topological polar surface area (TPSA) is 73.5 Å². The van der Waals surface area contributed by atoms with Gasteiger partial charge in [-0.25, -0.2) is 4.79 Å². The number of fused-ring (bicyclic) bond motifs is 1. The second kappa shape index (κ2) is 7.08. The molecule has 1 aromatic rings. The monoisotopic (exact) mass is 290 g/mol. The molecule has 1 aliphatic heterocycles. The number of urea groups is 1. The number of carbonyl (C=O) groups is 2. The van der Waals surface area contributed by atoms with Crippen molar-refractivity contribution in [3.63, 3.8) is 0 Å². The quantitative estimate of drug-likeness (QED) is 0.700. The molecule has 6 nitrogen and oxygen atoms in total. The zero-order valence-corrected chi connectivity index (χ0v) is 12.5. The van der Waals surface area contributed by atoms with Crippen LogP contribution in [0.3, 0.4) is 0 Å². The lowest BCUT2D eigenvalue weighted by molar-refractivity contribution is 0.0952. The van der Waals surface area contributed by atoms with Crippen LogP contribution in [0.4, 0.5) is 4.79 Å². The largest absolute Gasteiger partial charge is 0.350 e. The number of rotatable bonds is 4. The van der Waals surface area contributed by atoms with E-state index in [9.17, 15) is 9.59 Å². The highest BCUT2D eigenvalue weighted by atomic mass is 16.2. The molecular weight excluding hydrogens is 268 g/mol. The van der Waals surface area contributed by atoms with Gasteiger partial charge in [0.25, 0.3) is 5.91 Å². The minimum atomic E-state index is -0.160. The number of carbonyl (C=O) groups excluding carboxylic acids is 2. The maximum absolute atomic E-state index is 12.2. The maximum Gasteiger partial charge on any atom is 0.316 e. The molecule has 0 saturated carbocycles. The third-order valence-corrected chi connectivity index (χ3v) is 3.48. The lowest BCUT2D eigenvalue weighted by atomic mass is 9.95. The average Bonchev–Trinajstić information content (AvgIpc) is 2.50. The number of nitrogens with one attached hydrogen (secondary N) is 3. The van der Waals surface area contributed by atoms with E-state index in [1.165, 1.54) is 10.5 Å². The number of amides is 3. The summed E-state index contributed by atoms with van der Waals surface area (Å²) in [4.78, 5) is 25.0. The molecule has 1 aromatic carbocycles. The third-order valence-electron chi connectivity index (χ3n) is 3.48. The summed E-state index contributed by atoms with van der Waals surface area (Å²) in [5, 5.41) is 8.86. The summed E-state index contributed by atoms with van der Waals surface area (Å²) in [5.41, 5.74) is 3.06. The predicted octanol–water partition coefficient (Wildman–Crippen LogP) is 0.333. The number of hydrogen-bond acceptors (Lipinski definition) is 3. The molecule has 6 heteroatoms. The molecule has 0 bridgehead atoms. The fraction of sp³-hybridized carbons (Fsp3) is 0.467. The first-order valence-corrected chi connectivity index (χ1v) is 7.14. The summed E-state index contributed by atoms with van der Waals surface area (Å²) in [6.45, 7) is 2.55. The molecule has 1 heterocycles. The lowest BCUT2D eigenvalue weighted by Gasteiger charge is -2.20. The first kappa shape index (κ1) is 15.3. The Hall–Kier alpha value is -2.08. The fourth-order valence-corrected chi connectivity index (χ4v) is 2.34. The van der Waals surface area contributed by atoms with Crippen LogP contribution in [-0.4, -0.2) is 50.6 Å². The van der Waals surface area contributed by atoms with Crippen molar-refractivity contribution in [1.82, 2.24) is 20.9 Å². The Morgan fingerprint density at radius 2 is 2.00 bits per heavy atom. The highest BCUT2D eigenvalue weighted by Gasteiger charge is 2.16. The zero-order valence-electron chi connectivity index (χ0n) is 12.5. The van der Waals surface area contributed by atoms with Gasteiger partial charge in [-0.2, -0.15) is 0 Å². The van der Waals surface area contributed by atoms with Crippen LogP contribution in [0.2, 0.25) is 0 Å². The second-order valence-corrected chi connectivity index (χ2v) is 5.25. The van der Waals surface area contributed by atoms with Gasteiger partial charge in [0, 0.05) is 39.3 Å². The van der Waals surface area contributed by atoms with Crippen molar-refractivity contribution in [3.05, 3.63) is 34.9 Å². The molecule has 0 fully saturated rings. The predicted molar refractivity (Wildman–Crippen MR) is 81.3 cm³/mol. The molecule has 2 rings (SSSR count). The van der Waals surface area contributed by atoms with Crippen LogP contribution in [0, 0.1) is 0 Å². The minimum Gasteiger partial charge on any atom is -0.350 e. The van der Waals surface area contributed by atoms with Gasteiger partial charge >= 0.3 is 6.03 Å². The summed E-state index contributed by atoms with van der Waals surface area (Å²) < 4.78 is 0. The van der Waals surface area contributed by atoms with Crippen LogP contribution in [0.25, 0.3) is 0 Å². The molecule has 3 N–H and O–H groups in total. The Morgan fingerprint density at radius 1 is 1.24 bits per heavy atom. The molecule has 0 aromatic heterocycles. The van der Waals surface area contributed by atoms with Gasteiger partial charge in [0.2, 0.25) is 0 Å². The van der Waals surface area contributed by atoms with Gasteiger partial charge in [-0.3, -0.25) is 4.79 Å². The normalized spacial score (nSPS) is 13.2. The van der Waals surface area contributed by atoms with E-state index >= 15 is 0 Å². The van der Waals surface area contributed by atoms with Crippen LogP contribution >= 0.6 is 0 Å². The fourth-order valence-electron chi connectivity index (χ4n) is 2.34. The molecule has 3 amide bonds. The molecule has 0 unspecified atom stereocenters. The molecule has 0 radical (unpaired) electrons. The van der Waals surface area contributed by atoms with Gasteiger partial charge in [-0.15, -0.1) is 0 Å². The van der Waals surface area contributed by atoms with Gasteiger partial charge in [0.05, 0.1) is 0 Å². The molecule has 0 aliphatic carbocycles. The Labute approximate surface area is 124 Å². The minimum absolute atomic E-state index is 0.0761. The van der Waals surface area contributed by atoms with Gasteiger partial charge in [-0.05, 0) is 30.2 Å². The summed E-state index contributed by atoms with van der Waals surface area (Å²) in [7, 11) is 3.36. The standard InChI is InChI=1S/C15H22N4O2/c1-19(2)15(21)18-9-8-17-14(20)13-5-3-4-11-10-16-7-6-12(11)13/h3-5,16H,6-10H2,1-2H3,(H,17,20)(H,18,21). The molecular formula is C15H22N4O2. The lowest BCUT2D eigenvalue weighted by Crippen LogP contribution is -2.40. The number of benzene rings is 1. The molecule has 21 heavy (non-hydrogen) atoms. The summed E-state index contributed by atoms with van der Waals surface area (Å²) >= 11 is 0. The Morgan fingerprint density at radius 3 is 2.76 bits per heavy atom. The van der Waals surface area contributed by atoms with Crippen LogP contribution in [-0.2, 0) is 13.0 Å². The van der Waals surface area contributed by atoms with E-state index in [1.807, 2.05) is 12.1 Å².